The molecule has 3 rings (SSSR count). The van der Waals surface area contributed by atoms with Crippen LogP contribution in [0, 0.1) is 11.3 Å². The molecule has 1 atom stereocenters. The maximum Gasteiger partial charge on any atom is 0.272 e. The number of nitrogens with zero attached hydrogens (tertiary/aromatic N) is 3. The molecule has 110 valence electrons. The first-order valence-electron chi connectivity index (χ1n) is 6.77. The van der Waals surface area contributed by atoms with Gasteiger partial charge in [-0.3, -0.25) is 9.36 Å². The van der Waals surface area contributed by atoms with E-state index in [1.54, 1.807) is 4.57 Å². The van der Waals surface area contributed by atoms with Crippen molar-refractivity contribution < 1.29 is 0 Å². The molecule has 0 aliphatic heterocycles. The summed E-state index contributed by atoms with van der Waals surface area (Å²) in [6, 6.07) is 13.8. The molecule has 0 amide bonds. The highest BCUT2D eigenvalue weighted by Crippen LogP contribution is 2.24. The summed E-state index contributed by atoms with van der Waals surface area (Å²) >= 11 is 2.72. The number of aromatic nitrogens is 2. The molecule has 0 aliphatic carbocycles. The van der Waals surface area contributed by atoms with Crippen LogP contribution in [0.1, 0.15) is 12.5 Å². The molecule has 0 bridgehead atoms. The molecule has 0 unspecified atom stereocenters. The highest BCUT2D eigenvalue weighted by atomic mass is 32.2. The first-order chi connectivity index (χ1) is 10.7. The smallest absolute Gasteiger partial charge is 0.272 e. The number of rotatable bonds is 4. The number of nitriles is 1. The second-order valence-electron chi connectivity index (χ2n) is 4.80. The molecular weight excluding hydrogens is 314 g/mol. The lowest BCUT2D eigenvalue weighted by molar-refractivity contribution is 0.659. The molecule has 0 saturated carbocycles. The summed E-state index contributed by atoms with van der Waals surface area (Å²) in [5.74, 6) is 0. The van der Waals surface area contributed by atoms with Crippen molar-refractivity contribution in [3.63, 3.8) is 0 Å². The number of benzene rings is 1. The zero-order valence-electron chi connectivity index (χ0n) is 11.9. The first kappa shape index (κ1) is 14.8. The zero-order valence-corrected chi connectivity index (χ0v) is 13.5. The third kappa shape index (κ3) is 2.91. The van der Waals surface area contributed by atoms with Crippen molar-refractivity contribution in [3.8, 4) is 6.07 Å². The number of hydrogen-bond acceptors (Lipinski definition) is 5. The molecule has 0 spiro atoms. The van der Waals surface area contributed by atoms with Crippen LogP contribution < -0.4 is 5.56 Å². The van der Waals surface area contributed by atoms with Crippen molar-refractivity contribution in [3.05, 3.63) is 57.7 Å². The lowest BCUT2D eigenvalue weighted by Gasteiger charge is -2.12. The van der Waals surface area contributed by atoms with Gasteiger partial charge in [0.25, 0.3) is 5.56 Å². The molecule has 0 N–H and O–H groups in total. The Morgan fingerprint density at radius 3 is 2.86 bits per heavy atom. The monoisotopic (exact) mass is 327 g/mol. The maximum atomic E-state index is 12.7. The van der Waals surface area contributed by atoms with E-state index in [0.29, 0.717) is 21.9 Å². The Labute approximate surface area is 136 Å². The Morgan fingerprint density at radius 1 is 1.36 bits per heavy atom. The van der Waals surface area contributed by atoms with E-state index in [2.05, 4.69) is 11.1 Å². The quantitative estimate of drug-likeness (QED) is 0.543. The van der Waals surface area contributed by atoms with Crippen LogP contribution in [0.25, 0.3) is 10.2 Å². The van der Waals surface area contributed by atoms with Gasteiger partial charge in [0, 0.05) is 0 Å². The van der Waals surface area contributed by atoms with E-state index in [9.17, 15) is 4.79 Å². The average molecular weight is 327 g/mol. The first-order valence-corrected chi connectivity index (χ1v) is 8.53. The second-order valence-corrected chi connectivity index (χ2v) is 7.02. The predicted octanol–water partition coefficient (Wildman–Crippen LogP) is 3.51. The van der Waals surface area contributed by atoms with Crippen molar-refractivity contribution in [2.75, 3.05) is 0 Å². The Balaban J connectivity index is 2.12. The van der Waals surface area contributed by atoms with Gasteiger partial charge in [-0.25, -0.2) is 4.98 Å². The second kappa shape index (κ2) is 6.34. The topological polar surface area (TPSA) is 58.7 Å². The van der Waals surface area contributed by atoms with Crippen LogP contribution in [-0.2, 0) is 6.54 Å². The molecule has 4 nitrogen and oxygen atoms in total. The fourth-order valence-electron chi connectivity index (χ4n) is 2.10. The summed E-state index contributed by atoms with van der Waals surface area (Å²) in [6.45, 7) is 2.27. The van der Waals surface area contributed by atoms with Gasteiger partial charge < -0.3 is 0 Å². The van der Waals surface area contributed by atoms with Crippen LogP contribution in [0.15, 0.2) is 51.7 Å². The maximum absolute atomic E-state index is 12.7. The molecular formula is C16H13N3OS2. The number of fused-ring (bicyclic) bond motifs is 1. The van der Waals surface area contributed by atoms with Crippen molar-refractivity contribution in [2.45, 2.75) is 23.9 Å². The van der Waals surface area contributed by atoms with Crippen LogP contribution in [0.4, 0.5) is 0 Å². The third-order valence-corrected chi connectivity index (χ3v) is 5.05. The number of thioether (sulfide) groups is 1. The van der Waals surface area contributed by atoms with Crippen LogP contribution >= 0.6 is 23.1 Å². The Bertz CT molecular complexity index is 893. The summed E-state index contributed by atoms with van der Waals surface area (Å²) in [4.78, 5) is 17.3. The lowest BCUT2D eigenvalue weighted by atomic mass is 10.2. The molecule has 0 aliphatic rings. The lowest BCUT2D eigenvalue weighted by Crippen LogP contribution is -2.23. The van der Waals surface area contributed by atoms with Gasteiger partial charge in [-0.05, 0) is 23.9 Å². The predicted molar refractivity (Wildman–Crippen MR) is 90.4 cm³/mol. The molecule has 2 aromatic heterocycles. The highest BCUT2D eigenvalue weighted by molar-refractivity contribution is 8.00. The molecule has 2 heterocycles. The molecule has 6 heteroatoms. The standard InChI is InChI=1S/C16H13N3OS2/c1-11(9-17)22-16-18-13-7-8-21-14(13)15(20)19(16)10-12-5-3-2-4-6-12/h2-8,11H,10H2,1H3/t11-/m1/s1. The van der Waals surface area contributed by atoms with Gasteiger partial charge >= 0.3 is 0 Å². The molecule has 3 aromatic rings. The number of hydrogen-bond donors (Lipinski definition) is 0. The summed E-state index contributed by atoms with van der Waals surface area (Å²) in [5.41, 5.74) is 1.69. The van der Waals surface area contributed by atoms with Gasteiger partial charge in [0.15, 0.2) is 5.16 Å². The molecule has 22 heavy (non-hydrogen) atoms. The highest BCUT2D eigenvalue weighted by Gasteiger charge is 2.15. The third-order valence-electron chi connectivity index (χ3n) is 3.18. The van der Waals surface area contributed by atoms with Crippen LogP contribution in [-0.4, -0.2) is 14.8 Å². The van der Waals surface area contributed by atoms with E-state index >= 15 is 0 Å². The van der Waals surface area contributed by atoms with Gasteiger partial charge in [0.1, 0.15) is 4.70 Å². The molecule has 1 aromatic carbocycles. The Hall–Kier alpha value is -2.10. The van der Waals surface area contributed by atoms with Crippen molar-refractivity contribution in [1.82, 2.24) is 9.55 Å². The van der Waals surface area contributed by atoms with Gasteiger partial charge in [0.05, 0.1) is 23.4 Å². The normalized spacial score (nSPS) is 12.2. The van der Waals surface area contributed by atoms with Crippen molar-refractivity contribution in [2.24, 2.45) is 0 Å². The molecule has 0 radical (unpaired) electrons. The van der Waals surface area contributed by atoms with Crippen LogP contribution in [0.2, 0.25) is 0 Å². The van der Waals surface area contributed by atoms with Crippen molar-refractivity contribution >= 4 is 33.3 Å². The van der Waals surface area contributed by atoms with Gasteiger partial charge in [-0.2, -0.15) is 5.26 Å². The van der Waals surface area contributed by atoms with Gasteiger partial charge in [-0.1, -0.05) is 42.1 Å². The SMILES string of the molecule is C[C@H](C#N)Sc1nc2ccsc2c(=O)n1Cc1ccccc1. The fraction of sp³-hybridized carbons (Fsp3) is 0.188. The Kier molecular flexibility index (Phi) is 4.27. The van der Waals surface area contributed by atoms with E-state index in [-0.39, 0.29) is 10.8 Å². The largest absolute Gasteiger partial charge is 0.282 e. The summed E-state index contributed by atoms with van der Waals surface area (Å²) in [5, 5.41) is 11.2. The van der Waals surface area contributed by atoms with E-state index in [0.717, 1.165) is 5.56 Å². The minimum absolute atomic E-state index is 0.0449. The van der Waals surface area contributed by atoms with E-state index in [4.69, 9.17) is 5.26 Å². The molecule has 0 fully saturated rings. The fourth-order valence-corrected chi connectivity index (χ4v) is 3.68. The zero-order chi connectivity index (χ0) is 15.5. The van der Waals surface area contributed by atoms with E-state index in [1.807, 2.05) is 48.7 Å². The van der Waals surface area contributed by atoms with Crippen molar-refractivity contribution in [1.29, 1.82) is 5.26 Å². The Morgan fingerprint density at radius 2 is 2.14 bits per heavy atom. The summed E-state index contributed by atoms with van der Waals surface area (Å²) < 4.78 is 2.32. The summed E-state index contributed by atoms with van der Waals surface area (Å²) in [7, 11) is 0. The molecule has 0 saturated heterocycles. The average Bonchev–Trinajstić information content (AvgIpc) is 3.00. The van der Waals surface area contributed by atoms with Crippen LogP contribution in [0.3, 0.4) is 0 Å². The number of thiophene rings is 1. The minimum Gasteiger partial charge on any atom is -0.282 e. The van der Waals surface area contributed by atoms with E-state index < -0.39 is 0 Å². The van der Waals surface area contributed by atoms with E-state index in [1.165, 1.54) is 23.1 Å². The minimum atomic E-state index is -0.259. The van der Waals surface area contributed by atoms with Crippen LogP contribution in [0.5, 0.6) is 0 Å². The summed E-state index contributed by atoms with van der Waals surface area (Å²) in [6.07, 6.45) is 0. The van der Waals surface area contributed by atoms with Gasteiger partial charge in [0.2, 0.25) is 0 Å². The van der Waals surface area contributed by atoms with Gasteiger partial charge in [-0.15, -0.1) is 11.3 Å².